The smallest absolute Gasteiger partial charge is 0.269 e. The van der Waals surface area contributed by atoms with Gasteiger partial charge in [0.05, 0.1) is 11.5 Å². The van der Waals surface area contributed by atoms with E-state index in [1.165, 1.54) is 30.1 Å². The molecule has 3 rings (SSSR count). The number of benzene rings is 3. The van der Waals surface area contributed by atoms with Gasteiger partial charge in [-0.2, -0.15) is 0 Å². The van der Waals surface area contributed by atoms with Crippen LogP contribution in [0.2, 0.25) is 5.02 Å². The van der Waals surface area contributed by atoms with Crippen LogP contribution in [0, 0.1) is 10.1 Å². The fourth-order valence-electron chi connectivity index (χ4n) is 2.98. The number of hydrogen-bond donors (Lipinski definition) is 1. The summed E-state index contributed by atoms with van der Waals surface area (Å²) < 4.78 is 0. The van der Waals surface area contributed by atoms with Gasteiger partial charge in [0, 0.05) is 36.3 Å². The third-order valence-electron chi connectivity index (χ3n) is 4.73. The molecule has 8 heteroatoms. The van der Waals surface area contributed by atoms with Gasteiger partial charge < -0.3 is 10.2 Å². The van der Waals surface area contributed by atoms with Crippen molar-refractivity contribution >= 4 is 29.1 Å². The largest absolute Gasteiger partial charge is 0.343 e. The van der Waals surface area contributed by atoms with Crippen molar-refractivity contribution in [1.29, 1.82) is 0 Å². The molecule has 0 unspecified atom stereocenters. The number of nitro groups is 1. The Morgan fingerprint density at radius 1 is 1.00 bits per heavy atom. The first kappa shape index (κ1) is 22.0. The van der Waals surface area contributed by atoms with Crippen LogP contribution in [0.25, 0.3) is 11.1 Å². The van der Waals surface area contributed by atoms with Gasteiger partial charge in [0.2, 0.25) is 5.91 Å². The maximum Gasteiger partial charge on any atom is 0.269 e. The number of rotatable bonds is 7. The van der Waals surface area contributed by atoms with Crippen LogP contribution in [-0.4, -0.2) is 35.2 Å². The Labute approximate surface area is 184 Å². The minimum atomic E-state index is -0.523. The molecule has 3 aromatic rings. The van der Waals surface area contributed by atoms with E-state index in [9.17, 15) is 19.7 Å². The molecular formula is C23H20ClN3O4. The number of nitrogens with zero attached hydrogens (tertiary/aromatic N) is 2. The Hall–Kier alpha value is -3.71. The lowest BCUT2D eigenvalue weighted by atomic mass is 10.0. The summed E-state index contributed by atoms with van der Waals surface area (Å²) in [6.07, 6.45) is 0. The van der Waals surface area contributed by atoms with E-state index in [0.717, 1.165) is 11.1 Å². The molecule has 0 bridgehead atoms. The molecule has 0 atom stereocenters. The zero-order valence-corrected chi connectivity index (χ0v) is 17.5. The van der Waals surface area contributed by atoms with Crippen molar-refractivity contribution < 1.29 is 14.5 Å². The zero-order valence-electron chi connectivity index (χ0n) is 16.7. The molecule has 0 aromatic heterocycles. The van der Waals surface area contributed by atoms with Gasteiger partial charge in [-0.15, -0.1) is 0 Å². The number of halogens is 1. The van der Waals surface area contributed by atoms with Gasteiger partial charge in [0.15, 0.2) is 0 Å². The molecule has 0 radical (unpaired) electrons. The molecule has 0 saturated heterocycles. The van der Waals surface area contributed by atoms with Gasteiger partial charge in [-0.1, -0.05) is 54.1 Å². The summed E-state index contributed by atoms with van der Waals surface area (Å²) in [5.74, 6) is -0.716. The zero-order chi connectivity index (χ0) is 22.4. The molecule has 0 aliphatic carbocycles. The minimum absolute atomic E-state index is 0.0843. The number of likely N-dealkylation sites (N-methyl/N-ethyl adjacent to an activating group) is 1. The molecule has 0 fully saturated rings. The van der Waals surface area contributed by atoms with Crippen LogP contribution >= 0.6 is 11.6 Å². The average Bonchev–Trinajstić information content (AvgIpc) is 2.79. The van der Waals surface area contributed by atoms with E-state index in [1.54, 1.807) is 12.1 Å². The monoisotopic (exact) mass is 437 g/mol. The van der Waals surface area contributed by atoms with Gasteiger partial charge in [0.1, 0.15) is 0 Å². The first-order valence-electron chi connectivity index (χ1n) is 9.45. The number of hydrogen-bond acceptors (Lipinski definition) is 4. The highest BCUT2D eigenvalue weighted by Gasteiger charge is 2.16. The summed E-state index contributed by atoms with van der Waals surface area (Å²) in [4.78, 5) is 36.5. The lowest BCUT2D eigenvalue weighted by Gasteiger charge is -2.18. The maximum atomic E-state index is 12.4. The SMILES string of the molecule is CN(Cc1cc([N+](=O)[O-])ccc1Cl)C(=O)CNC(=O)c1ccc(-c2ccccc2)cc1. The summed E-state index contributed by atoms with van der Waals surface area (Å²) in [7, 11) is 1.54. The number of nitrogens with one attached hydrogen (secondary N) is 1. The summed E-state index contributed by atoms with van der Waals surface area (Å²) in [6, 6.07) is 21.0. The van der Waals surface area contributed by atoms with Crippen LogP contribution in [-0.2, 0) is 11.3 Å². The van der Waals surface area contributed by atoms with Crippen molar-refractivity contribution in [2.45, 2.75) is 6.54 Å². The molecular weight excluding hydrogens is 418 g/mol. The first-order chi connectivity index (χ1) is 14.8. The van der Waals surface area contributed by atoms with E-state index in [2.05, 4.69) is 5.32 Å². The summed E-state index contributed by atoms with van der Waals surface area (Å²) in [5.41, 5.74) is 2.83. The molecule has 1 N–H and O–H groups in total. The van der Waals surface area contributed by atoms with Crippen molar-refractivity contribution in [3.05, 3.63) is 99.1 Å². The van der Waals surface area contributed by atoms with Crippen molar-refractivity contribution in [3.8, 4) is 11.1 Å². The third kappa shape index (κ3) is 5.67. The van der Waals surface area contributed by atoms with Crippen LogP contribution < -0.4 is 5.32 Å². The second-order valence-electron chi connectivity index (χ2n) is 6.91. The van der Waals surface area contributed by atoms with E-state index < -0.39 is 4.92 Å². The highest BCUT2D eigenvalue weighted by molar-refractivity contribution is 6.31. The lowest BCUT2D eigenvalue weighted by Crippen LogP contribution is -2.37. The van der Waals surface area contributed by atoms with Crippen molar-refractivity contribution in [2.24, 2.45) is 0 Å². The summed E-state index contributed by atoms with van der Waals surface area (Å²) in [6.45, 7) is -0.122. The van der Waals surface area contributed by atoms with E-state index in [1.807, 2.05) is 42.5 Å². The lowest BCUT2D eigenvalue weighted by molar-refractivity contribution is -0.384. The Balaban J connectivity index is 1.57. The average molecular weight is 438 g/mol. The fourth-order valence-corrected chi connectivity index (χ4v) is 3.15. The van der Waals surface area contributed by atoms with Crippen LogP contribution in [0.5, 0.6) is 0 Å². The number of carbonyl (C=O) groups excluding carboxylic acids is 2. The molecule has 0 spiro atoms. The van der Waals surface area contributed by atoms with E-state index >= 15 is 0 Å². The van der Waals surface area contributed by atoms with Gasteiger partial charge in [-0.25, -0.2) is 0 Å². The fraction of sp³-hybridized carbons (Fsp3) is 0.130. The summed E-state index contributed by atoms with van der Waals surface area (Å²) in [5, 5.41) is 13.9. The molecule has 158 valence electrons. The van der Waals surface area contributed by atoms with Crippen LogP contribution in [0.3, 0.4) is 0 Å². The molecule has 0 aliphatic heterocycles. The number of non-ortho nitro benzene ring substituents is 1. The van der Waals surface area contributed by atoms with Crippen molar-refractivity contribution in [3.63, 3.8) is 0 Å². The molecule has 2 amide bonds. The normalized spacial score (nSPS) is 10.4. The Morgan fingerprint density at radius 2 is 1.65 bits per heavy atom. The number of amides is 2. The molecule has 0 saturated carbocycles. The van der Waals surface area contributed by atoms with Crippen LogP contribution in [0.1, 0.15) is 15.9 Å². The van der Waals surface area contributed by atoms with Gasteiger partial charge in [-0.05, 0) is 34.9 Å². The van der Waals surface area contributed by atoms with E-state index in [4.69, 9.17) is 11.6 Å². The third-order valence-corrected chi connectivity index (χ3v) is 5.10. The molecule has 0 heterocycles. The number of nitro benzene ring substituents is 1. The Kier molecular flexibility index (Phi) is 6.99. The predicted octanol–water partition coefficient (Wildman–Crippen LogP) is 4.30. The van der Waals surface area contributed by atoms with Gasteiger partial charge in [-0.3, -0.25) is 19.7 Å². The Morgan fingerprint density at radius 3 is 2.29 bits per heavy atom. The number of carbonyl (C=O) groups is 2. The van der Waals surface area contributed by atoms with Crippen molar-refractivity contribution in [1.82, 2.24) is 10.2 Å². The summed E-state index contributed by atoms with van der Waals surface area (Å²) >= 11 is 6.08. The molecule has 3 aromatic carbocycles. The van der Waals surface area contributed by atoms with E-state index in [-0.39, 0.29) is 30.6 Å². The standard InChI is InChI=1S/C23H20ClN3O4/c1-26(15-19-13-20(27(30)31)11-12-21(19)24)22(28)14-25-23(29)18-9-7-17(8-10-18)16-5-3-2-4-6-16/h2-13H,14-15H2,1H3,(H,25,29). The second kappa shape index (κ2) is 9.86. The first-order valence-corrected chi connectivity index (χ1v) is 9.83. The highest BCUT2D eigenvalue weighted by atomic mass is 35.5. The topological polar surface area (TPSA) is 92.5 Å². The predicted molar refractivity (Wildman–Crippen MR) is 119 cm³/mol. The molecule has 31 heavy (non-hydrogen) atoms. The second-order valence-corrected chi connectivity index (χ2v) is 7.32. The minimum Gasteiger partial charge on any atom is -0.343 e. The molecule has 0 aliphatic rings. The quantitative estimate of drug-likeness (QED) is 0.440. The van der Waals surface area contributed by atoms with Crippen LogP contribution in [0.4, 0.5) is 5.69 Å². The maximum absolute atomic E-state index is 12.4. The van der Waals surface area contributed by atoms with E-state index in [0.29, 0.717) is 16.1 Å². The van der Waals surface area contributed by atoms with Crippen LogP contribution in [0.15, 0.2) is 72.8 Å². The Bertz CT molecular complexity index is 1100. The van der Waals surface area contributed by atoms with Gasteiger partial charge in [0.25, 0.3) is 11.6 Å². The molecule has 7 nitrogen and oxygen atoms in total. The van der Waals surface area contributed by atoms with Gasteiger partial charge >= 0.3 is 0 Å². The highest BCUT2D eigenvalue weighted by Crippen LogP contribution is 2.23. The van der Waals surface area contributed by atoms with Crippen molar-refractivity contribution in [2.75, 3.05) is 13.6 Å².